The Morgan fingerprint density at radius 2 is 2.25 bits per heavy atom. The number of alkyl halides is 3. The van der Waals surface area contributed by atoms with Gasteiger partial charge in [-0.25, -0.2) is 4.98 Å². The number of rotatable bonds is 3. The molecule has 0 saturated carbocycles. The molecule has 1 aliphatic rings. The number of hydrogen-bond acceptors (Lipinski definition) is 3. The smallest absolute Gasteiger partial charge is 0.417 e. The summed E-state index contributed by atoms with van der Waals surface area (Å²) in [4.78, 5) is 16.2. The van der Waals surface area contributed by atoms with Gasteiger partial charge < -0.3 is 10.0 Å². The van der Waals surface area contributed by atoms with Crippen LogP contribution in [0.4, 0.5) is 19.0 Å². The van der Waals surface area contributed by atoms with Crippen LogP contribution in [0.15, 0.2) is 12.3 Å². The SMILES string of the molecule is O=C(O)CC1CCCN1c1ncc(C(F)(F)F)cc1Cl. The Labute approximate surface area is 118 Å². The van der Waals surface area contributed by atoms with Gasteiger partial charge in [-0.05, 0) is 18.9 Å². The van der Waals surface area contributed by atoms with E-state index in [0.29, 0.717) is 13.0 Å². The molecule has 0 bridgehead atoms. The van der Waals surface area contributed by atoms with Crippen LogP contribution in [0.3, 0.4) is 0 Å². The van der Waals surface area contributed by atoms with E-state index in [0.717, 1.165) is 18.7 Å². The molecule has 1 aliphatic heterocycles. The van der Waals surface area contributed by atoms with Crippen molar-refractivity contribution in [1.82, 2.24) is 4.98 Å². The number of aliphatic carboxylic acids is 1. The average Bonchev–Trinajstić information content (AvgIpc) is 2.74. The first-order valence-electron chi connectivity index (χ1n) is 6.00. The van der Waals surface area contributed by atoms with Gasteiger partial charge in [0.1, 0.15) is 5.82 Å². The number of halogens is 4. The van der Waals surface area contributed by atoms with E-state index in [1.165, 1.54) is 0 Å². The van der Waals surface area contributed by atoms with E-state index in [1.54, 1.807) is 4.90 Å². The van der Waals surface area contributed by atoms with Gasteiger partial charge in [-0.15, -0.1) is 0 Å². The van der Waals surface area contributed by atoms with E-state index in [2.05, 4.69) is 4.98 Å². The van der Waals surface area contributed by atoms with Crippen molar-refractivity contribution < 1.29 is 23.1 Å². The second-order valence-electron chi connectivity index (χ2n) is 4.61. The molecule has 4 nitrogen and oxygen atoms in total. The van der Waals surface area contributed by atoms with Crippen LogP contribution >= 0.6 is 11.6 Å². The van der Waals surface area contributed by atoms with Gasteiger partial charge in [0.05, 0.1) is 17.0 Å². The van der Waals surface area contributed by atoms with Crippen LogP contribution in [0.5, 0.6) is 0 Å². The van der Waals surface area contributed by atoms with E-state index in [-0.39, 0.29) is 23.3 Å². The number of carboxylic acid groups (broad SMARTS) is 1. The lowest BCUT2D eigenvalue weighted by atomic mass is 10.1. The molecule has 1 N–H and O–H groups in total. The molecule has 0 amide bonds. The molecule has 8 heteroatoms. The van der Waals surface area contributed by atoms with Crippen molar-refractivity contribution in [2.45, 2.75) is 31.5 Å². The van der Waals surface area contributed by atoms with E-state index in [9.17, 15) is 18.0 Å². The first-order valence-corrected chi connectivity index (χ1v) is 6.38. The van der Waals surface area contributed by atoms with Crippen molar-refractivity contribution in [3.05, 3.63) is 22.8 Å². The fraction of sp³-hybridized carbons (Fsp3) is 0.500. The van der Waals surface area contributed by atoms with Crippen LogP contribution in [0.1, 0.15) is 24.8 Å². The Bertz CT molecular complexity index is 522. The Morgan fingerprint density at radius 1 is 1.55 bits per heavy atom. The third kappa shape index (κ3) is 3.15. The van der Waals surface area contributed by atoms with Gasteiger partial charge >= 0.3 is 12.1 Å². The summed E-state index contributed by atoms with van der Waals surface area (Å²) in [5, 5.41) is 8.72. The molecule has 1 saturated heterocycles. The normalized spacial score (nSPS) is 19.4. The summed E-state index contributed by atoms with van der Waals surface area (Å²) in [6.45, 7) is 0.538. The monoisotopic (exact) mass is 308 g/mol. The quantitative estimate of drug-likeness (QED) is 0.931. The molecule has 110 valence electrons. The minimum Gasteiger partial charge on any atom is -0.481 e. The number of carboxylic acids is 1. The standard InChI is InChI=1S/C12H12ClF3N2O2/c13-9-4-7(12(14,15)16)6-17-11(9)18-3-1-2-8(18)5-10(19)20/h4,6,8H,1-3,5H2,(H,19,20). The maximum atomic E-state index is 12.5. The predicted octanol–water partition coefficient (Wildman–Crippen LogP) is 3.20. The molecular weight excluding hydrogens is 297 g/mol. The van der Waals surface area contributed by atoms with Crippen molar-refractivity contribution in [1.29, 1.82) is 0 Å². The van der Waals surface area contributed by atoms with Crippen molar-refractivity contribution in [2.75, 3.05) is 11.4 Å². The molecule has 1 aromatic rings. The number of carbonyl (C=O) groups is 1. The molecule has 20 heavy (non-hydrogen) atoms. The van der Waals surface area contributed by atoms with E-state index >= 15 is 0 Å². The summed E-state index contributed by atoms with van der Waals surface area (Å²) in [5.74, 6) is -0.742. The van der Waals surface area contributed by atoms with Crippen LogP contribution in [0.25, 0.3) is 0 Å². The highest BCUT2D eigenvalue weighted by atomic mass is 35.5. The van der Waals surface area contributed by atoms with Crippen molar-refractivity contribution >= 4 is 23.4 Å². The zero-order valence-corrected chi connectivity index (χ0v) is 11.1. The maximum Gasteiger partial charge on any atom is 0.417 e. The molecule has 0 radical (unpaired) electrons. The molecule has 2 rings (SSSR count). The summed E-state index contributed by atoms with van der Waals surface area (Å²) in [6, 6.07) is 0.536. The minimum atomic E-state index is -4.50. The Kier molecular flexibility index (Phi) is 4.08. The zero-order chi connectivity index (χ0) is 14.9. The Morgan fingerprint density at radius 3 is 2.80 bits per heavy atom. The number of hydrogen-bond donors (Lipinski definition) is 1. The molecular formula is C12H12ClF3N2O2. The Balaban J connectivity index is 2.26. The molecule has 1 atom stereocenters. The lowest BCUT2D eigenvalue weighted by Gasteiger charge is -2.25. The molecule has 2 heterocycles. The van der Waals surface area contributed by atoms with Gasteiger partial charge in [-0.2, -0.15) is 13.2 Å². The summed E-state index contributed by atoms with van der Waals surface area (Å²) in [7, 11) is 0. The number of anilines is 1. The third-order valence-electron chi connectivity index (χ3n) is 3.21. The van der Waals surface area contributed by atoms with Gasteiger partial charge in [0.25, 0.3) is 0 Å². The summed E-state index contributed by atoms with van der Waals surface area (Å²) >= 11 is 5.87. The first kappa shape index (κ1) is 14.9. The average molecular weight is 309 g/mol. The largest absolute Gasteiger partial charge is 0.481 e. The fourth-order valence-electron chi connectivity index (χ4n) is 2.33. The molecule has 0 aromatic carbocycles. The predicted molar refractivity (Wildman–Crippen MR) is 66.9 cm³/mol. The lowest BCUT2D eigenvalue weighted by Crippen LogP contribution is -2.32. The van der Waals surface area contributed by atoms with Gasteiger partial charge in [-0.1, -0.05) is 11.6 Å². The second kappa shape index (κ2) is 5.47. The molecule has 0 aliphatic carbocycles. The van der Waals surface area contributed by atoms with Crippen LogP contribution < -0.4 is 4.90 Å². The number of aromatic nitrogens is 1. The minimum absolute atomic E-state index is 0.0843. The highest BCUT2D eigenvalue weighted by Gasteiger charge is 2.34. The van der Waals surface area contributed by atoms with Gasteiger partial charge in [0, 0.05) is 18.8 Å². The summed E-state index contributed by atoms with van der Waals surface area (Å²) in [5.41, 5.74) is -0.916. The summed E-state index contributed by atoms with van der Waals surface area (Å²) < 4.78 is 37.6. The van der Waals surface area contributed by atoms with Crippen LogP contribution in [-0.4, -0.2) is 28.6 Å². The van der Waals surface area contributed by atoms with Crippen molar-refractivity contribution in [3.8, 4) is 0 Å². The van der Waals surface area contributed by atoms with Crippen LogP contribution in [0, 0.1) is 0 Å². The van der Waals surface area contributed by atoms with E-state index in [4.69, 9.17) is 16.7 Å². The molecule has 1 aromatic heterocycles. The van der Waals surface area contributed by atoms with Gasteiger partial charge in [0.15, 0.2) is 0 Å². The second-order valence-corrected chi connectivity index (χ2v) is 5.02. The van der Waals surface area contributed by atoms with Crippen molar-refractivity contribution in [3.63, 3.8) is 0 Å². The lowest BCUT2D eigenvalue weighted by molar-refractivity contribution is -0.138. The first-order chi connectivity index (χ1) is 9.29. The van der Waals surface area contributed by atoms with E-state index < -0.39 is 17.7 Å². The Hall–Kier alpha value is -1.50. The zero-order valence-electron chi connectivity index (χ0n) is 10.3. The topological polar surface area (TPSA) is 53.4 Å². The number of pyridine rings is 1. The third-order valence-corrected chi connectivity index (χ3v) is 3.49. The van der Waals surface area contributed by atoms with Crippen molar-refractivity contribution in [2.24, 2.45) is 0 Å². The van der Waals surface area contributed by atoms with Crippen LogP contribution in [-0.2, 0) is 11.0 Å². The van der Waals surface area contributed by atoms with Gasteiger partial charge in [0.2, 0.25) is 0 Å². The molecule has 1 fully saturated rings. The number of nitrogens with zero attached hydrogens (tertiary/aromatic N) is 2. The summed E-state index contributed by atoms with van der Waals surface area (Å²) in [6.07, 6.45) is -2.45. The highest BCUT2D eigenvalue weighted by Crippen LogP contribution is 2.36. The fourth-order valence-corrected chi connectivity index (χ4v) is 2.60. The molecule has 0 spiro atoms. The molecule has 1 unspecified atom stereocenters. The van der Waals surface area contributed by atoms with Gasteiger partial charge in [-0.3, -0.25) is 4.79 Å². The van der Waals surface area contributed by atoms with E-state index in [1.807, 2.05) is 0 Å². The maximum absolute atomic E-state index is 12.5. The van der Waals surface area contributed by atoms with Crippen LogP contribution in [0.2, 0.25) is 5.02 Å². The highest BCUT2D eigenvalue weighted by molar-refractivity contribution is 6.33.